The van der Waals surface area contributed by atoms with Crippen LogP contribution in [0, 0.1) is 0 Å². The van der Waals surface area contributed by atoms with Crippen molar-refractivity contribution in [1.82, 2.24) is 9.21 Å². The van der Waals surface area contributed by atoms with Crippen molar-refractivity contribution < 1.29 is 13.2 Å². The van der Waals surface area contributed by atoms with Crippen LogP contribution in [0.15, 0.2) is 53.4 Å². The van der Waals surface area contributed by atoms with Crippen molar-refractivity contribution in [3.05, 3.63) is 59.7 Å². The quantitative estimate of drug-likeness (QED) is 0.727. The molecule has 0 unspecified atom stereocenters. The van der Waals surface area contributed by atoms with E-state index in [0.717, 1.165) is 23.0 Å². The molecule has 0 spiro atoms. The first kappa shape index (κ1) is 21.3. The molecule has 0 radical (unpaired) electrons. The largest absolute Gasteiger partial charge is 0.372 e. The number of rotatable bonds is 6. The van der Waals surface area contributed by atoms with E-state index >= 15 is 0 Å². The second-order valence-electron chi connectivity index (χ2n) is 7.69. The van der Waals surface area contributed by atoms with Crippen LogP contribution >= 0.6 is 0 Å². The average Bonchev–Trinajstić information content (AvgIpc) is 2.74. The van der Waals surface area contributed by atoms with Gasteiger partial charge in [-0.15, -0.1) is 0 Å². The Balaban J connectivity index is 1.64. The number of nitrogens with zero attached hydrogens (tertiary/aromatic N) is 3. The summed E-state index contributed by atoms with van der Waals surface area (Å²) in [5.41, 5.74) is 2.77. The second-order valence-corrected chi connectivity index (χ2v) is 9.84. The predicted octanol–water partition coefficient (Wildman–Crippen LogP) is 3.20. The number of piperidine rings is 1. The Morgan fingerprint density at radius 1 is 0.897 bits per heavy atom. The molecule has 0 atom stereocenters. The summed E-state index contributed by atoms with van der Waals surface area (Å²) in [6.45, 7) is 2.71. The minimum Gasteiger partial charge on any atom is -0.372 e. The summed E-state index contributed by atoms with van der Waals surface area (Å²) in [6, 6.07) is 14.5. The zero-order chi connectivity index (χ0) is 21.0. The Hall–Kier alpha value is -2.38. The zero-order valence-electron chi connectivity index (χ0n) is 17.3. The van der Waals surface area contributed by atoms with Gasteiger partial charge < -0.3 is 9.80 Å². The molecule has 3 rings (SSSR count). The third-order valence-electron chi connectivity index (χ3n) is 5.30. The fourth-order valence-electron chi connectivity index (χ4n) is 3.51. The predicted molar refractivity (Wildman–Crippen MR) is 116 cm³/mol. The molecule has 1 heterocycles. The second kappa shape index (κ2) is 8.97. The van der Waals surface area contributed by atoms with Crippen molar-refractivity contribution in [3.63, 3.8) is 0 Å². The van der Waals surface area contributed by atoms with E-state index in [4.69, 9.17) is 0 Å². The van der Waals surface area contributed by atoms with Crippen LogP contribution in [0.1, 0.15) is 35.2 Å². The molecule has 0 aliphatic carbocycles. The maximum absolute atomic E-state index is 12.7. The van der Waals surface area contributed by atoms with E-state index in [1.54, 1.807) is 24.1 Å². The van der Waals surface area contributed by atoms with Crippen molar-refractivity contribution in [2.45, 2.75) is 30.7 Å². The van der Waals surface area contributed by atoms with Gasteiger partial charge in [0.15, 0.2) is 0 Å². The third-order valence-corrected chi connectivity index (χ3v) is 7.13. The summed E-state index contributed by atoms with van der Waals surface area (Å²) in [5.74, 6) is -0.140. The standard InChI is InChI=1S/C22H29N3O3S/c1-23(2)29(27,28)21-13-9-19(10-14-21)22(26)24(3)17-18-7-11-20(12-8-18)25-15-5-4-6-16-25/h7-14H,4-6,15-17H2,1-3H3. The van der Waals surface area contributed by atoms with Gasteiger partial charge in [0.2, 0.25) is 10.0 Å². The monoisotopic (exact) mass is 415 g/mol. The van der Waals surface area contributed by atoms with Crippen LogP contribution in [-0.2, 0) is 16.6 Å². The first-order valence-electron chi connectivity index (χ1n) is 9.91. The van der Waals surface area contributed by atoms with E-state index in [9.17, 15) is 13.2 Å². The summed E-state index contributed by atoms with van der Waals surface area (Å²) in [5, 5.41) is 0. The van der Waals surface area contributed by atoms with E-state index in [0.29, 0.717) is 12.1 Å². The molecule has 1 saturated heterocycles. The van der Waals surface area contributed by atoms with Crippen molar-refractivity contribution in [1.29, 1.82) is 0 Å². The zero-order valence-corrected chi connectivity index (χ0v) is 18.2. The summed E-state index contributed by atoms with van der Waals surface area (Å²) in [6.07, 6.45) is 3.80. The van der Waals surface area contributed by atoms with Crippen molar-refractivity contribution >= 4 is 21.6 Å². The molecule has 2 aromatic carbocycles. The molecule has 1 amide bonds. The number of amides is 1. The van der Waals surface area contributed by atoms with Crippen molar-refractivity contribution in [3.8, 4) is 0 Å². The SMILES string of the molecule is CN(Cc1ccc(N2CCCCC2)cc1)C(=O)c1ccc(S(=O)(=O)N(C)C)cc1. The highest BCUT2D eigenvalue weighted by Gasteiger charge is 2.19. The summed E-state index contributed by atoms with van der Waals surface area (Å²) in [7, 11) is 1.23. The summed E-state index contributed by atoms with van der Waals surface area (Å²) >= 11 is 0. The maximum Gasteiger partial charge on any atom is 0.253 e. The first-order chi connectivity index (χ1) is 13.8. The van der Waals surface area contributed by atoms with E-state index in [1.165, 1.54) is 51.2 Å². The number of hydrogen-bond donors (Lipinski definition) is 0. The highest BCUT2D eigenvalue weighted by Crippen LogP contribution is 2.21. The Morgan fingerprint density at radius 3 is 2.03 bits per heavy atom. The van der Waals surface area contributed by atoms with E-state index in [2.05, 4.69) is 29.2 Å². The number of hydrogen-bond acceptors (Lipinski definition) is 4. The van der Waals surface area contributed by atoms with Gasteiger partial charge in [0.25, 0.3) is 5.91 Å². The molecule has 0 bridgehead atoms. The number of carbonyl (C=O) groups is 1. The lowest BCUT2D eigenvalue weighted by atomic mass is 10.1. The van der Waals surface area contributed by atoms with Gasteiger partial charge in [0, 0.05) is 52.0 Å². The minimum atomic E-state index is -3.50. The normalized spacial score (nSPS) is 14.8. The molecule has 7 heteroatoms. The van der Waals surface area contributed by atoms with Gasteiger partial charge in [-0.3, -0.25) is 4.79 Å². The van der Waals surface area contributed by atoms with E-state index < -0.39 is 10.0 Å². The number of carbonyl (C=O) groups excluding carboxylic acids is 1. The highest BCUT2D eigenvalue weighted by atomic mass is 32.2. The molecule has 29 heavy (non-hydrogen) atoms. The minimum absolute atomic E-state index is 0.140. The molecule has 0 aromatic heterocycles. The summed E-state index contributed by atoms with van der Waals surface area (Å²) in [4.78, 5) is 16.9. The van der Waals surface area contributed by atoms with E-state index in [1.807, 2.05) is 0 Å². The van der Waals surface area contributed by atoms with Gasteiger partial charge in [-0.05, 0) is 61.2 Å². The Labute approximate surface area is 173 Å². The lowest BCUT2D eigenvalue weighted by Gasteiger charge is -2.29. The third kappa shape index (κ3) is 4.97. The Bertz CT molecular complexity index is 932. The lowest BCUT2D eigenvalue weighted by Crippen LogP contribution is -2.29. The van der Waals surface area contributed by atoms with Crippen LogP contribution in [-0.4, -0.2) is 57.8 Å². The van der Waals surface area contributed by atoms with Gasteiger partial charge in [-0.1, -0.05) is 12.1 Å². The van der Waals surface area contributed by atoms with Crippen molar-refractivity contribution in [2.24, 2.45) is 0 Å². The van der Waals surface area contributed by atoms with Crippen LogP contribution in [0.3, 0.4) is 0 Å². The van der Waals surface area contributed by atoms with Gasteiger partial charge in [-0.2, -0.15) is 0 Å². The smallest absolute Gasteiger partial charge is 0.253 e. The number of anilines is 1. The van der Waals surface area contributed by atoms with Crippen LogP contribution in [0.2, 0.25) is 0 Å². The van der Waals surface area contributed by atoms with Crippen LogP contribution in [0.25, 0.3) is 0 Å². The molecular formula is C22H29N3O3S. The van der Waals surface area contributed by atoms with Gasteiger partial charge in [0.1, 0.15) is 0 Å². The van der Waals surface area contributed by atoms with E-state index in [-0.39, 0.29) is 10.8 Å². The maximum atomic E-state index is 12.7. The highest BCUT2D eigenvalue weighted by molar-refractivity contribution is 7.89. The van der Waals surface area contributed by atoms with Gasteiger partial charge in [0.05, 0.1) is 4.90 Å². The molecule has 0 N–H and O–H groups in total. The topological polar surface area (TPSA) is 60.9 Å². The average molecular weight is 416 g/mol. The Morgan fingerprint density at radius 2 is 1.48 bits per heavy atom. The molecule has 1 fully saturated rings. The number of sulfonamides is 1. The van der Waals surface area contributed by atoms with Crippen LogP contribution in [0.4, 0.5) is 5.69 Å². The summed E-state index contributed by atoms with van der Waals surface area (Å²) < 4.78 is 25.5. The molecule has 0 saturated carbocycles. The first-order valence-corrected chi connectivity index (χ1v) is 11.3. The molecule has 156 valence electrons. The number of benzene rings is 2. The van der Waals surface area contributed by atoms with Gasteiger partial charge in [-0.25, -0.2) is 12.7 Å². The molecule has 6 nitrogen and oxygen atoms in total. The van der Waals surface area contributed by atoms with Gasteiger partial charge >= 0.3 is 0 Å². The molecule has 1 aliphatic rings. The molecule has 2 aromatic rings. The van der Waals surface area contributed by atoms with Crippen molar-refractivity contribution in [2.75, 3.05) is 39.1 Å². The fourth-order valence-corrected chi connectivity index (χ4v) is 4.41. The fraction of sp³-hybridized carbons (Fsp3) is 0.409. The molecular weight excluding hydrogens is 386 g/mol. The van der Waals surface area contributed by atoms with Crippen LogP contribution < -0.4 is 4.90 Å². The van der Waals surface area contributed by atoms with Crippen LogP contribution in [0.5, 0.6) is 0 Å². The molecule has 1 aliphatic heterocycles. The Kier molecular flexibility index (Phi) is 6.59. The lowest BCUT2D eigenvalue weighted by molar-refractivity contribution is 0.0785.